The molecule has 1 N–H and O–H groups in total. The molecule has 1 aliphatic heterocycles. The molecule has 0 aromatic rings. The number of carbonyl (C=O) groups is 1. The second kappa shape index (κ2) is 7.62. The Morgan fingerprint density at radius 3 is 2.43 bits per heavy atom. The Balaban J connectivity index is 2.03. The number of amides is 1. The molecular weight excluding hydrogens is 260 g/mol. The zero-order valence-corrected chi connectivity index (χ0v) is 14.4. The molecule has 1 saturated carbocycles. The Morgan fingerprint density at radius 1 is 1.19 bits per heavy atom. The van der Waals surface area contributed by atoms with Gasteiger partial charge < -0.3 is 4.90 Å². The first-order valence-electron chi connectivity index (χ1n) is 9.09. The highest BCUT2D eigenvalue weighted by Gasteiger charge is 2.41. The van der Waals surface area contributed by atoms with E-state index < -0.39 is 0 Å². The van der Waals surface area contributed by atoms with E-state index in [0.717, 1.165) is 25.3 Å². The number of hydrogen-bond acceptors (Lipinski definition) is 2. The molecule has 2 fully saturated rings. The molecule has 21 heavy (non-hydrogen) atoms. The second-order valence-corrected chi connectivity index (χ2v) is 7.67. The number of nitrogens with one attached hydrogen (secondary N) is 1. The molecule has 2 aliphatic rings. The van der Waals surface area contributed by atoms with Crippen LogP contribution in [0.1, 0.15) is 72.6 Å². The third kappa shape index (κ3) is 4.21. The highest BCUT2D eigenvalue weighted by molar-refractivity contribution is 5.84. The van der Waals surface area contributed by atoms with E-state index in [4.69, 9.17) is 0 Å². The molecule has 1 aliphatic carbocycles. The van der Waals surface area contributed by atoms with Crippen LogP contribution in [0, 0.1) is 17.8 Å². The van der Waals surface area contributed by atoms with E-state index in [1.165, 1.54) is 32.1 Å². The quantitative estimate of drug-likeness (QED) is 0.808. The third-order valence-corrected chi connectivity index (χ3v) is 5.38. The highest BCUT2D eigenvalue weighted by atomic mass is 16.2. The first-order chi connectivity index (χ1) is 10.0. The molecule has 0 spiro atoms. The number of hydrogen-bond donors (Lipinski definition) is 1. The van der Waals surface area contributed by atoms with E-state index in [1.807, 2.05) is 0 Å². The average molecular weight is 294 g/mol. The fourth-order valence-corrected chi connectivity index (χ4v) is 3.85. The first kappa shape index (κ1) is 16.8. The summed E-state index contributed by atoms with van der Waals surface area (Å²) < 4.78 is 0. The van der Waals surface area contributed by atoms with Crippen molar-refractivity contribution in [1.82, 2.24) is 10.2 Å². The minimum absolute atomic E-state index is 0.0438. The van der Waals surface area contributed by atoms with Crippen LogP contribution in [0.25, 0.3) is 0 Å². The van der Waals surface area contributed by atoms with E-state index in [9.17, 15) is 4.79 Å². The zero-order valence-electron chi connectivity index (χ0n) is 14.4. The maximum Gasteiger partial charge on any atom is 0.241 e. The first-order valence-corrected chi connectivity index (χ1v) is 9.09. The van der Waals surface area contributed by atoms with Gasteiger partial charge in [-0.2, -0.15) is 0 Å². The van der Waals surface area contributed by atoms with Crippen LogP contribution >= 0.6 is 0 Å². The van der Waals surface area contributed by atoms with Gasteiger partial charge in [0.05, 0.1) is 12.2 Å². The highest BCUT2D eigenvalue weighted by Crippen LogP contribution is 2.29. The molecule has 0 radical (unpaired) electrons. The maximum atomic E-state index is 12.8. The second-order valence-electron chi connectivity index (χ2n) is 7.67. The van der Waals surface area contributed by atoms with Crippen LogP contribution in [0.2, 0.25) is 0 Å². The summed E-state index contributed by atoms with van der Waals surface area (Å²) >= 11 is 0. The normalized spacial score (nSPS) is 29.4. The number of rotatable bonds is 6. The van der Waals surface area contributed by atoms with Crippen molar-refractivity contribution < 1.29 is 4.79 Å². The molecule has 122 valence electrons. The molecule has 1 heterocycles. The van der Waals surface area contributed by atoms with Gasteiger partial charge in [-0.25, -0.2) is 0 Å². The lowest BCUT2D eigenvalue weighted by atomic mass is 9.88. The van der Waals surface area contributed by atoms with Crippen molar-refractivity contribution in [2.45, 2.75) is 84.8 Å². The summed E-state index contributed by atoms with van der Waals surface area (Å²) in [5.74, 6) is 2.15. The lowest BCUT2D eigenvalue weighted by Gasteiger charge is -2.31. The summed E-state index contributed by atoms with van der Waals surface area (Å²) in [7, 11) is 0. The molecule has 0 aromatic heterocycles. The Labute approximate surface area is 130 Å². The molecule has 0 bridgehead atoms. The Morgan fingerprint density at radius 2 is 1.86 bits per heavy atom. The summed E-state index contributed by atoms with van der Waals surface area (Å²) in [6.45, 7) is 9.87. The van der Waals surface area contributed by atoms with Gasteiger partial charge in [0, 0.05) is 6.54 Å². The molecule has 3 heteroatoms. The average Bonchev–Trinajstić information content (AvgIpc) is 2.76. The molecule has 2 rings (SSSR count). The van der Waals surface area contributed by atoms with Gasteiger partial charge in [-0.1, -0.05) is 53.4 Å². The fourth-order valence-electron chi connectivity index (χ4n) is 3.85. The van der Waals surface area contributed by atoms with Crippen LogP contribution in [0.4, 0.5) is 0 Å². The Bertz CT molecular complexity index is 336. The van der Waals surface area contributed by atoms with Gasteiger partial charge in [-0.3, -0.25) is 10.1 Å². The molecular formula is C18H34N2O. The molecule has 3 atom stereocenters. The SMILES string of the molecule is CCC(C)C1NC(CC(C)C)N(CC2CCCCC2)C1=O. The number of carbonyl (C=O) groups excluding carboxylic acids is 1. The van der Waals surface area contributed by atoms with Crippen LogP contribution in [0.3, 0.4) is 0 Å². The van der Waals surface area contributed by atoms with E-state index >= 15 is 0 Å². The van der Waals surface area contributed by atoms with Crippen molar-refractivity contribution in [2.24, 2.45) is 17.8 Å². The van der Waals surface area contributed by atoms with E-state index in [-0.39, 0.29) is 12.2 Å². The largest absolute Gasteiger partial charge is 0.326 e. The Hall–Kier alpha value is -0.570. The van der Waals surface area contributed by atoms with Gasteiger partial charge in [0.1, 0.15) is 0 Å². The van der Waals surface area contributed by atoms with Gasteiger partial charge in [-0.05, 0) is 37.0 Å². The van der Waals surface area contributed by atoms with Crippen molar-refractivity contribution in [3.63, 3.8) is 0 Å². The van der Waals surface area contributed by atoms with Crippen molar-refractivity contribution >= 4 is 5.91 Å². The topological polar surface area (TPSA) is 32.3 Å². The van der Waals surface area contributed by atoms with Gasteiger partial charge in [0.25, 0.3) is 0 Å². The van der Waals surface area contributed by atoms with E-state index in [1.54, 1.807) is 0 Å². The van der Waals surface area contributed by atoms with Crippen LogP contribution < -0.4 is 5.32 Å². The number of nitrogens with zero attached hydrogens (tertiary/aromatic N) is 1. The standard InChI is InChI=1S/C18H34N2O/c1-5-14(4)17-18(21)20(16(19-17)11-13(2)3)12-15-9-7-6-8-10-15/h13-17,19H,5-12H2,1-4H3. The molecule has 0 aromatic carbocycles. The van der Waals surface area contributed by atoms with E-state index in [2.05, 4.69) is 37.9 Å². The minimum atomic E-state index is 0.0438. The van der Waals surface area contributed by atoms with Gasteiger partial charge in [0.2, 0.25) is 5.91 Å². The predicted molar refractivity (Wildman–Crippen MR) is 87.9 cm³/mol. The van der Waals surface area contributed by atoms with Gasteiger partial charge >= 0.3 is 0 Å². The molecule has 1 saturated heterocycles. The van der Waals surface area contributed by atoms with Gasteiger partial charge in [0.15, 0.2) is 0 Å². The van der Waals surface area contributed by atoms with Crippen molar-refractivity contribution in [2.75, 3.05) is 6.54 Å². The monoisotopic (exact) mass is 294 g/mol. The van der Waals surface area contributed by atoms with Crippen LogP contribution in [-0.2, 0) is 4.79 Å². The molecule has 3 nitrogen and oxygen atoms in total. The van der Waals surface area contributed by atoms with Crippen molar-refractivity contribution in [1.29, 1.82) is 0 Å². The lowest BCUT2D eigenvalue weighted by Crippen LogP contribution is -2.41. The summed E-state index contributed by atoms with van der Waals surface area (Å²) in [5.41, 5.74) is 0. The maximum absolute atomic E-state index is 12.8. The molecule has 3 unspecified atom stereocenters. The van der Waals surface area contributed by atoms with Gasteiger partial charge in [-0.15, -0.1) is 0 Å². The van der Waals surface area contributed by atoms with Crippen LogP contribution in [-0.4, -0.2) is 29.6 Å². The zero-order chi connectivity index (χ0) is 15.4. The third-order valence-electron chi connectivity index (χ3n) is 5.38. The lowest BCUT2D eigenvalue weighted by molar-refractivity contribution is -0.131. The minimum Gasteiger partial charge on any atom is -0.326 e. The Kier molecular flexibility index (Phi) is 6.09. The van der Waals surface area contributed by atoms with Crippen molar-refractivity contribution in [3.8, 4) is 0 Å². The fraction of sp³-hybridized carbons (Fsp3) is 0.944. The summed E-state index contributed by atoms with van der Waals surface area (Å²) in [6.07, 6.45) is 9.11. The van der Waals surface area contributed by atoms with Crippen LogP contribution in [0.15, 0.2) is 0 Å². The summed E-state index contributed by atoms with van der Waals surface area (Å²) in [5, 5.41) is 3.64. The summed E-state index contributed by atoms with van der Waals surface area (Å²) in [4.78, 5) is 15.0. The van der Waals surface area contributed by atoms with Crippen LogP contribution in [0.5, 0.6) is 0 Å². The van der Waals surface area contributed by atoms with Crippen molar-refractivity contribution in [3.05, 3.63) is 0 Å². The smallest absolute Gasteiger partial charge is 0.241 e. The molecule has 1 amide bonds. The summed E-state index contributed by atoms with van der Waals surface area (Å²) in [6, 6.07) is 0.0438. The van der Waals surface area contributed by atoms with E-state index in [0.29, 0.717) is 17.7 Å². The predicted octanol–water partition coefficient (Wildman–Crippen LogP) is 3.79.